The molecule has 0 nitrogen and oxygen atoms in total. The van der Waals surface area contributed by atoms with Gasteiger partial charge in [-0.3, -0.25) is 0 Å². The molecule has 0 saturated heterocycles. The van der Waals surface area contributed by atoms with Gasteiger partial charge in [-0.2, -0.15) is 0 Å². The molecule has 0 amide bonds. The molecule has 0 spiro atoms. The van der Waals surface area contributed by atoms with Crippen LogP contribution in [0.15, 0.2) is 11.6 Å². The highest BCUT2D eigenvalue weighted by atomic mass is 35.5. The summed E-state index contributed by atoms with van der Waals surface area (Å²) in [4.78, 5) is -0.405. The highest BCUT2D eigenvalue weighted by Crippen LogP contribution is 2.49. The zero-order chi connectivity index (χ0) is 11.0. The van der Waals surface area contributed by atoms with E-state index in [2.05, 4.69) is 6.92 Å². The highest BCUT2D eigenvalue weighted by molar-refractivity contribution is 6.33. The van der Waals surface area contributed by atoms with Crippen molar-refractivity contribution in [2.75, 3.05) is 0 Å². The van der Waals surface area contributed by atoms with Crippen LogP contribution in [0, 0.1) is 5.41 Å². The number of hydrogen-bond donors (Lipinski definition) is 0. The van der Waals surface area contributed by atoms with E-state index in [4.69, 9.17) is 46.4 Å². The molecule has 14 heavy (non-hydrogen) atoms. The van der Waals surface area contributed by atoms with Gasteiger partial charge < -0.3 is 0 Å². The summed E-state index contributed by atoms with van der Waals surface area (Å²) in [6, 6.07) is 0. The third-order valence-electron chi connectivity index (χ3n) is 2.95. The van der Waals surface area contributed by atoms with Gasteiger partial charge in [-0.05, 0) is 19.8 Å². The molecular formula is C10H14Cl4. The van der Waals surface area contributed by atoms with Crippen molar-refractivity contribution < 1.29 is 0 Å². The van der Waals surface area contributed by atoms with Gasteiger partial charge in [0, 0.05) is 16.3 Å². The summed E-state index contributed by atoms with van der Waals surface area (Å²) in [7, 11) is 0. The first kappa shape index (κ1) is 13.0. The standard InChI is InChI=1S/C10H14Cl4/c1-9(3-4-11)6-10(2,14)8(13)5-7(9)12/h3-4,7-8H,5-6H2,1-2H3/b4-3+/t7-,8-,9+,10-/m1/s1. The van der Waals surface area contributed by atoms with Gasteiger partial charge in [-0.25, -0.2) is 0 Å². The van der Waals surface area contributed by atoms with Crippen LogP contribution in [0.4, 0.5) is 0 Å². The molecule has 4 heteroatoms. The minimum atomic E-state index is -0.405. The summed E-state index contributed by atoms with van der Waals surface area (Å²) in [5.41, 5.74) is 1.35. The monoisotopic (exact) mass is 274 g/mol. The Kier molecular flexibility index (Phi) is 4.09. The Morgan fingerprint density at radius 2 is 1.79 bits per heavy atom. The smallest absolute Gasteiger partial charge is 0.0591 e. The first-order valence-electron chi connectivity index (χ1n) is 4.57. The third-order valence-corrected chi connectivity index (χ3v) is 4.92. The van der Waals surface area contributed by atoms with E-state index in [1.54, 1.807) is 0 Å². The second-order valence-corrected chi connectivity index (χ2v) is 6.59. The minimum Gasteiger partial charge on any atom is -0.122 e. The normalized spacial score (nSPS) is 49.9. The Hall–Kier alpha value is 0.900. The van der Waals surface area contributed by atoms with Gasteiger partial charge in [-0.1, -0.05) is 24.6 Å². The summed E-state index contributed by atoms with van der Waals surface area (Å²) in [6.07, 6.45) is 3.36. The van der Waals surface area contributed by atoms with Gasteiger partial charge in [0.05, 0.1) is 10.3 Å². The first-order chi connectivity index (χ1) is 6.32. The fraction of sp³-hybridized carbons (Fsp3) is 0.800. The highest BCUT2D eigenvalue weighted by Gasteiger charge is 2.47. The molecule has 82 valence electrons. The molecule has 1 aliphatic carbocycles. The van der Waals surface area contributed by atoms with E-state index in [0.29, 0.717) is 6.42 Å². The summed E-state index contributed by atoms with van der Waals surface area (Å²) in [6.45, 7) is 4.02. The molecule has 0 aromatic carbocycles. The van der Waals surface area contributed by atoms with E-state index in [1.165, 1.54) is 5.54 Å². The fourth-order valence-electron chi connectivity index (χ4n) is 1.97. The number of hydrogen-bond acceptors (Lipinski definition) is 0. The van der Waals surface area contributed by atoms with Crippen LogP contribution in [-0.2, 0) is 0 Å². The SMILES string of the molecule is C[C@]1(/C=C/Cl)C[C@@](C)(Cl)[C@H](Cl)C[C@H]1Cl. The van der Waals surface area contributed by atoms with Crippen molar-refractivity contribution in [3.05, 3.63) is 11.6 Å². The average molecular weight is 276 g/mol. The lowest BCUT2D eigenvalue weighted by Crippen LogP contribution is -2.47. The van der Waals surface area contributed by atoms with E-state index in [-0.39, 0.29) is 16.2 Å². The Labute approximate surface area is 106 Å². The van der Waals surface area contributed by atoms with Gasteiger partial charge in [0.2, 0.25) is 0 Å². The van der Waals surface area contributed by atoms with Gasteiger partial charge in [0.15, 0.2) is 0 Å². The maximum atomic E-state index is 6.34. The molecule has 1 aliphatic rings. The molecule has 0 aliphatic heterocycles. The van der Waals surface area contributed by atoms with Crippen molar-refractivity contribution in [1.29, 1.82) is 0 Å². The number of rotatable bonds is 1. The predicted octanol–water partition coefficient (Wildman–Crippen LogP) is 4.75. The summed E-state index contributed by atoms with van der Waals surface area (Å²) >= 11 is 24.4. The van der Waals surface area contributed by atoms with Crippen molar-refractivity contribution >= 4 is 46.4 Å². The Balaban J connectivity index is 2.89. The molecule has 0 N–H and O–H groups in total. The molecule has 0 radical (unpaired) electrons. The van der Waals surface area contributed by atoms with E-state index in [9.17, 15) is 0 Å². The fourth-order valence-corrected chi connectivity index (χ4v) is 3.31. The van der Waals surface area contributed by atoms with Crippen molar-refractivity contribution in [2.24, 2.45) is 5.41 Å². The largest absolute Gasteiger partial charge is 0.122 e. The maximum Gasteiger partial charge on any atom is 0.0591 e. The Morgan fingerprint density at radius 3 is 2.29 bits per heavy atom. The van der Waals surface area contributed by atoms with Gasteiger partial charge in [0.1, 0.15) is 0 Å². The topological polar surface area (TPSA) is 0 Å². The first-order valence-corrected chi connectivity index (χ1v) is 6.25. The number of halogens is 4. The predicted molar refractivity (Wildman–Crippen MR) is 65.9 cm³/mol. The van der Waals surface area contributed by atoms with Gasteiger partial charge in [0.25, 0.3) is 0 Å². The van der Waals surface area contributed by atoms with Crippen LogP contribution in [0.25, 0.3) is 0 Å². The van der Waals surface area contributed by atoms with Crippen LogP contribution in [0.1, 0.15) is 26.7 Å². The van der Waals surface area contributed by atoms with Crippen molar-refractivity contribution in [3.8, 4) is 0 Å². The number of alkyl halides is 3. The van der Waals surface area contributed by atoms with E-state index in [0.717, 1.165) is 6.42 Å². The number of allylic oxidation sites excluding steroid dienone is 1. The molecule has 1 saturated carbocycles. The van der Waals surface area contributed by atoms with Crippen LogP contribution in [-0.4, -0.2) is 15.6 Å². The van der Waals surface area contributed by atoms with E-state index >= 15 is 0 Å². The molecular weight excluding hydrogens is 262 g/mol. The van der Waals surface area contributed by atoms with Crippen LogP contribution in [0.5, 0.6) is 0 Å². The Morgan fingerprint density at radius 1 is 1.21 bits per heavy atom. The lowest BCUT2D eigenvalue weighted by Gasteiger charge is -2.45. The summed E-state index contributed by atoms with van der Waals surface area (Å²) in [5.74, 6) is 0. The second-order valence-electron chi connectivity index (χ2n) is 4.42. The molecule has 0 aromatic heterocycles. The average Bonchev–Trinajstić information content (AvgIpc) is 2.01. The molecule has 0 aromatic rings. The van der Waals surface area contributed by atoms with E-state index < -0.39 is 4.87 Å². The van der Waals surface area contributed by atoms with Crippen LogP contribution in [0.3, 0.4) is 0 Å². The van der Waals surface area contributed by atoms with Crippen LogP contribution < -0.4 is 0 Å². The quantitative estimate of drug-likeness (QED) is 0.606. The molecule has 0 bridgehead atoms. The van der Waals surface area contributed by atoms with Gasteiger partial charge in [-0.15, -0.1) is 34.8 Å². The lowest BCUT2D eigenvalue weighted by atomic mass is 9.70. The zero-order valence-corrected chi connectivity index (χ0v) is 11.3. The molecule has 0 unspecified atom stereocenters. The van der Waals surface area contributed by atoms with Crippen molar-refractivity contribution in [2.45, 2.75) is 42.3 Å². The maximum absolute atomic E-state index is 6.34. The summed E-state index contributed by atoms with van der Waals surface area (Å²) < 4.78 is 0. The van der Waals surface area contributed by atoms with Crippen LogP contribution >= 0.6 is 46.4 Å². The second kappa shape index (κ2) is 4.41. The molecule has 0 heterocycles. The molecule has 1 fully saturated rings. The molecule has 4 atom stereocenters. The van der Waals surface area contributed by atoms with Crippen molar-refractivity contribution in [3.63, 3.8) is 0 Å². The van der Waals surface area contributed by atoms with E-state index in [1.807, 2.05) is 13.0 Å². The van der Waals surface area contributed by atoms with Crippen molar-refractivity contribution in [1.82, 2.24) is 0 Å². The van der Waals surface area contributed by atoms with Gasteiger partial charge >= 0.3 is 0 Å². The van der Waals surface area contributed by atoms with Crippen LogP contribution in [0.2, 0.25) is 0 Å². The minimum absolute atomic E-state index is 0.00757. The molecule has 1 rings (SSSR count). The lowest BCUT2D eigenvalue weighted by molar-refractivity contribution is 0.253. The summed E-state index contributed by atoms with van der Waals surface area (Å²) in [5, 5.41) is -0.0877. The third kappa shape index (κ3) is 2.52. The zero-order valence-electron chi connectivity index (χ0n) is 8.24. The Bertz CT molecular complexity index is 236.